The summed E-state index contributed by atoms with van der Waals surface area (Å²) in [6.07, 6.45) is 0.250. The van der Waals surface area contributed by atoms with Crippen molar-refractivity contribution < 1.29 is 23.6 Å². The standard InChI is InChI=1S/C22H25N3O5S/c1-14(2)29-21(27)12-18(15-4-6-17(28-3)7-5-15)23-19(26)8-9-20-24-22(25-30-20)16-10-11-31-13-16/h4-7,10-11,13-14,18H,8-9,12H2,1-3H3,(H,23,26). The van der Waals surface area contributed by atoms with Gasteiger partial charge in [0.2, 0.25) is 17.6 Å². The van der Waals surface area contributed by atoms with E-state index in [1.54, 1.807) is 44.4 Å². The maximum atomic E-state index is 12.6. The first-order chi connectivity index (χ1) is 14.9. The van der Waals surface area contributed by atoms with Gasteiger partial charge < -0.3 is 19.3 Å². The molecule has 9 heteroatoms. The number of esters is 1. The summed E-state index contributed by atoms with van der Waals surface area (Å²) < 4.78 is 15.7. The van der Waals surface area contributed by atoms with Gasteiger partial charge in [-0.15, -0.1) is 0 Å². The van der Waals surface area contributed by atoms with Gasteiger partial charge in [0.1, 0.15) is 5.75 Å². The van der Waals surface area contributed by atoms with Crippen LogP contribution in [-0.4, -0.2) is 35.2 Å². The third kappa shape index (κ3) is 6.65. The smallest absolute Gasteiger partial charge is 0.308 e. The van der Waals surface area contributed by atoms with Crippen molar-refractivity contribution in [3.05, 3.63) is 52.5 Å². The molecule has 0 saturated carbocycles. The van der Waals surface area contributed by atoms with Crippen LogP contribution < -0.4 is 10.1 Å². The Morgan fingerprint density at radius 3 is 2.61 bits per heavy atom. The minimum atomic E-state index is -0.520. The third-order valence-corrected chi connectivity index (χ3v) is 5.09. The molecule has 0 aliphatic heterocycles. The van der Waals surface area contributed by atoms with E-state index in [4.69, 9.17) is 14.0 Å². The molecule has 1 amide bonds. The van der Waals surface area contributed by atoms with Crippen LogP contribution >= 0.6 is 11.3 Å². The number of thiophene rings is 1. The number of nitrogens with one attached hydrogen (secondary N) is 1. The van der Waals surface area contributed by atoms with Gasteiger partial charge in [0, 0.05) is 23.8 Å². The molecule has 2 aromatic heterocycles. The molecule has 1 aromatic carbocycles. The fraction of sp³-hybridized carbons (Fsp3) is 0.364. The Hall–Kier alpha value is -3.20. The van der Waals surface area contributed by atoms with Gasteiger partial charge in [0.25, 0.3) is 0 Å². The van der Waals surface area contributed by atoms with Crippen LogP contribution in [0.1, 0.15) is 44.2 Å². The zero-order valence-corrected chi connectivity index (χ0v) is 18.5. The number of rotatable bonds is 10. The van der Waals surface area contributed by atoms with Gasteiger partial charge in [-0.25, -0.2) is 0 Å². The SMILES string of the molecule is COc1ccc(C(CC(=O)OC(C)C)NC(=O)CCc2nc(-c3ccsc3)no2)cc1. The lowest BCUT2D eigenvalue weighted by atomic mass is 10.0. The number of hydrogen-bond donors (Lipinski definition) is 1. The summed E-state index contributed by atoms with van der Waals surface area (Å²) in [5, 5.41) is 10.7. The Labute approximate surface area is 184 Å². The molecule has 0 spiro atoms. The van der Waals surface area contributed by atoms with E-state index in [1.807, 2.05) is 29.0 Å². The molecule has 3 rings (SSSR count). The first-order valence-electron chi connectivity index (χ1n) is 9.92. The van der Waals surface area contributed by atoms with Gasteiger partial charge in [-0.2, -0.15) is 16.3 Å². The number of aromatic nitrogens is 2. The molecular formula is C22H25N3O5S. The van der Waals surface area contributed by atoms with Crippen molar-refractivity contribution in [2.75, 3.05) is 7.11 Å². The number of carbonyl (C=O) groups is 2. The van der Waals surface area contributed by atoms with Crippen molar-refractivity contribution in [2.24, 2.45) is 0 Å². The fourth-order valence-electron chi connectivity index (χ4n) is 2.92. The second kappa shape index (κ2) is 10.7. The summed E-state index contributed by atoms with van der Waals surface area (Å²) in [4.78, 5) is 29.1. The molecule has 0 aliphatic carbocycles. The van der Waals surface area contributed by atoms with Crippen molar-refractivity contribution >= 4 is 23.2 Å². The van der Waals surface area contributed by atoms with Gasteiger partial charge in [0.15, 0.2) is 0 Å². The highest BCUT2D eigenvalue weighted by Gasteiger charge is 2.21. The lowest BCUT2D eigenvalue weighted by molar-refractivity contribution is -0.148. The minimum Gasteiger partial charge on any atom is -0.497 e. The molecule has 2 heterocycles. The number of nitrogens with zero attached hydrogens (tertiary/aromatic N) is 2. The second-order valence-electron chi connectivity index (χ2n) is 7.16. The fourth-order valence-corrected chi connectivity index (χ4v) is 3.55. The molecule has 0 bridgehead atoms. The lowest BCUT2D eigenvalue weighted by Gasteiger charge is -2.19. The van der Waals surface area contributed by atoms with Crippen LogP contribution in [-0.2, 0) is 20.7 Å². The molecule has 1 N–H and O–H groups in total. The molecule has 8 nitrogen and oxygen atoms in total. The summed E-state index contributed by atoms with van der Waals surface area (Å²) >= 11 is 1.55. The molecule has 0 radical (unpaired) electrons. The van der Waals surface area contributed by atoms with E-state index in [-0.39, 0.29) is 30.8 Å². The Bertz CT molecular complexity index is 983. The van der Waals surface area contributed by atoms with Crippen LogP contribution in [0.4, 0.5) is 0 Å². The van der Waals surface area contributed by atoms with Crippen molar-refractivity contribution in [3.63, 3.8) is 0 Å². The molecule has 1 unspecified atom stereocenters. The van der Waals surface area contributed by atoms with E-state index in [9.17, 15) is 9.59 Å². The number of amides is 1. The van der Waals surface area contributed by atoms with E-state index >= 15 is 0 Å². The maximum absolute atomic E-state index is 12.6. The van der Waals surface area contributed by atoms with Gasteiger partial charge in [0.05, 0.1) is 25.7 Å². The van der Waals surface area contributed by atoms with Crippen LogP contribution in [0, 0.1) is 0 Å². The molecular weight excluding hydrogens is 418 g/mol. The Kier molecular flexibility index (Phi) is 7.77. The van der Waals surface area contributed by atoms with E-state index in [1.165, 1.54) is 0 Å². The Morgan fingerprint density at radius 2 is 1.97 bits per heavy atom. The van der Waals surface area contributed by atoms with E-state index < -0.39 is 6.04 Å². The van der Waals surface area contributed by atoms with Crippen molar-refractivity contribution in [2.45, 2.75) is 45.3 Å². The van der Waals surface area contributed by atoms with E-state index in [0.29, 0.717) is 23.9 Å². The molecule has 0 aliphatic rings. The largest absolute Gasteiger partial charge is 0.497 e. The van der Waals surface area contributed by atoms with Crippen molar-refractivity contribution in [1.82, 2.24) is 15.5 Å². The summed E-state index contributed by atoms with van der Waals surface area (Å²) in [6.45, 7) is 3.57. The first kappa shape index (κ1) is 22.5. The molecule has 1 atom stereocenters. The average Bonchev–Trinajstić information content (AvgIpc) is 3.43. The third-order valence-electron chi connectivity index (χ3n) is 4.40. The molecule has 31 heavy (non-hydrogen) atoms. The first-order valence-corrected chi connectivity index (χ1v) is 10.9. The second-order valence-corrected chi connectivity index (χ2v) is 7.94. The lowest BCUT2D eigenvalue weighted by Crippen LogP contribution is -2.31. The number of methoxy groups -OCH3 is 1. The molecule has 164 valence electrons. The number of aryl methyl sites for hydroxylation is 1. The van der Waals surface area contributed by atoms with Crippen LogP contribution in [0.25, 0.3) is 11.4 Å². The van der Waals surface area contributed by atoms with Crippen molar-refractivity contribution in [1.29, 1.82) is 0 Å². The Balaban J connectivity index is 1.62. The van der Waals surface area contributed by atoms with E-state index in [2.05, 4.69) is 15.5 Å². The zero-order chi connectivity index (χ0) is 22.2. The predicted molar refractivity (Wildman–Crippen MR) is 116 cm³/mol. The predicted octanol–water partition coefficient (Wildman–Crippen LogP) is 3.94. The zero-order valence-electron chi connectivity index (χ0n) is 17.7. The topological polar surface area (TPSA) is 104 Å². The van der Waals surface area contributed by atoms with Crippen LogP contribution in [0.5, 0.6) is 5.75 Å². The van der Waals surface area contributed by atoms with Gasteiger partial charge in [-0.1, -0.05) is 17.3 Å². The van der Waals surface area contributed by atoms with Gasteiger partial charge in [-0.3, -0.25) is 9.59 Å². The molecule has 3 aromatic rings. The highest BCUT2D eigenvalue weighted by Crippen LogP contribution is 2.22. The monoisotopic (exact) mass is 443 g/mol. The summed E-state index contributed by atoms with van der Waals surface area (Å²) in [5.41, 5.74) is 1.67. The van der Waals surface area contributed by atoms with Gasteiger partial charge in [-0.05, 0) is 43.0 Å². The number of benzene rings is 1. The number of carbonyl (C=O) groups excluding carboxylic acids is 2. The average molecular weight is 444 g/mol. The normalized spacial score (nSPS) is 11.9. The van der Waals surface area contributed by atoms with Crippen LogP contribution in [0.15, 0.2) is 45.6 Å². The molecule has 0 fully saturated rings. The quantitative estimate of drug-likeness (QED) is 0.473. The van der Waals surface area contributed by atoms with Gasteiger partial charge >= 0.3 is 5.97 Å². The maximum Gasteiger partial charge on any atom is 0.308 e. The molecule has 0 saturated heterocycles. The Morgan fingerprint density at radius 1 is 1.19 bits per heavy atom. The highest BCUT2D eigenvalue weighted by molar-refractivity contribution is 7.08. The summed E-state index contributed by atoms with van der Waals surface area (Å²) in [6, 6.07) is 8.59. The number of hydrogen-bond acceptors (Lipinski definition) is 8. The number of ether oxygens (including phenoxy) is 2. The highest BCUT2D eigenvalue weighted by atomic mass is 32.1. The van der Waals surface area contributed by atoms with Crippen molar-refractivity contribution in [3.8, 4) is 17.1 Å². The minimum absolute atomic E-state index is 0.0269. The summed E-state index contributed by atoms with van der Waals surface area (Å²) in [5.74, 6) is 0.971. The van der Waals surface area contributed by atoms with Crippen LogP contribution in [0.2, 0.25) is 0 Å². The van der Waals surface area contributed by atoms with E-state index in [0.717, 1.165) is 11.1 Å². The van der Waals surface area contributed by atoms with Crippen LogP contribution in [0.3, 0.4) is 0 Å². The summed E-state index contributed by atoms with van der Waals surface area (Å²) in [7, 11) is 1.58.